The van der Waals surface area contributed by atoms with Gasteiger partial charge < -0.3 is 15.0 Å². The van der Waals surface area contributed by atoms with E-state index in [-0.39, 0.29) is 38.4 Å². The number of nitrogens with zero attached hydrogens (tertiary/aromatic N) is 1. The van der Waals surface area contributed by atoms with E-state index in [1.807, 2.05) is 0 Å². The van der Waals surface area contributed by atoms with Gasteiger partial charge in [0.25, 0.3) is 5.91 Å². The van der Waals surface area contributed by atoms with Gasteiger partial charge in [0.2, 0.25) is 5.91 Å². The number of benzene rings is 1. The molecule has 27 heavy (non-hydrogen) atoms. The highest BCUT2D eigenvalue weighted by Crippen LogP contribution is 2.31. The van der Waals surface area contributed by atoms with E-state index in [9.17, 15) is 22.8 Å². The summed E-state index contributed by atoms with van der Waals surface area (Å²) < 4.78 is 42.6. The maximum atomic E-state index is 12.4. The lowest BCUT2D eigenvalue weighted by atomic mass is 10.1. The molecule has 1 saturated heterocycles. The van der Waals surface area contributed by atoms with Crippen LogP contribution < -0.4 is 10.1 Å². The normalized spacial score (nSPS) is 17.1. The second-order valence-electron chi connectivity index (χ2n) is 6.37. The molecule has 0 aliphatic carbocycles. The molecule has 148 valence electrons. The third-order valence-electron chi connectivity index (χ3n) is 4.00. The zero-order valence-electron chi connectivity index (χ0n) is 14.5. The van der Waals surface area contributed by atoms with Gasteiger partial charge in [-0.1, -0.05) is 18.2 Å². The predicted molar refractivity (Wildman–Crippen MR) is 94.2 cm³/mol. The zero-order chi connectivity index (χ0) is 20.0. The van der Waals surface area contributed by atoms with Gasteiger partial charge in [0, 0.05) is 43.1 Å². The van der Waals surface area contributed by atoms with Crippen molar-refractivity contribution in [1.82, 2.24) is 10.2 Å². The van der Waals surface area contributed by atoms with E-state index >= 15 is 0 Å². The van der Waals surface area contributed by atoms with Crippen LogP contribution in [0.4, 0.5) is 13.2 Å². The summed E-state index contributed by atoms with van der Waals surface area (Å²) in [5.41, 5.74) is 0.367. The lowest BCUT2D eigenvalue weighted by Crippen LogP contribution is -2.31. The van der Waals surface area contributed by atoms with Crippen molar-refractivity contribution in [1.29, 1.82) is 0 Å². The van der Waals surface area contributed by atoms with E-state index in [2.05, 4.69) is 11.9 Å². The summed E-state index contributed by atoms with van der Waals surface area (Å²) in [6.07, 6.45) is -5.08. The van der Waals surface area contributed by atoms with Gasteiger partial charge in [0.15, 0.2) is 6.61 Å². The number of alkyl halides is 3. The van der Waals surface area contributed by atoms with Crippen LogP contribution in [0.2, 0.25) is 5.02 Å². The molecule has 1 heterocycles. The Kier molecular flexibility index (Phi) is 7.12. The fraction of sp³-hybridized carbons (Fsp3) is 0.444. The first-order chi connectivity index (χ1) is 12.6. The van der Waals surface area contributed by atoms with Crippen LogP contribution in [0, 0.1) is 5.92 Å². The van der Waals surface area contributed by atoms with Gasteiger partial charge >= 0.3 is 6.18 Å². The van der Waals surface area contributed by atoms with Crippen molar-refractivity contribution in [3.05, 3.63) is 41.6 Å². The lowest BCUT2D eigenvalue weighted by Gasteiger charge is -2.18. The topological polar surface area (TPSA) is 58.6 Å². The average Bonchev–Trinajstić information content (AvgIpc) is 2.90. The molecule has 0 bridgehead atoms. The maximum Gasteiger partial charge on any atom is 0.389 e. The van der Waals surface area contributed by atoms with Crippen molar-refractivity contribution in [3.8, 4) is 5.75 Å². The van der Waals surface area contributed by atoms with Gasteiger partial charge in [-0.25, -0.2) is 0 Å². The molecule has 1 aromatic carbocycles. The fourth-order valence-electron chi connectivity index (χ4n) is 2.78. The summed E-state index contributed by atoms with van der Waals surface area (Å²) in [5.74, 6) is -0.959. The largest absolute Gasteiger partial charge is 0.484 e. The van der Waals surface area contributed by atoms with E-state index in [0.717, 1.165) is 0 Å². The summed E-state index contributed by atoms with van der Waals surface area (Å²) in [6, 6.07) is 6.52. The van der Waals surface area contributed by atoms with Gasteiger partial charge in [-0.2, -0.15) is 13.2 Å². The van der Waals surface area contributed by atoms with Gasteiger partial charge in [0.1, 0.15) is 5.75 Å². The molecular weight excluding hydrogens is 385 g/mol. The minimum absolute atomic E-state index is 0.0687. The van der Waals surface area contributed by atoms with E-state index in [0.29, 0.717) is 16.5 Å². The summed E-state index contributed by atoms with van der Waals surface area (Å²) in [4.78, 5) is 25.0. The minimum atomic E-state index is -4.28. The Labute approximate surface area is 160 Å². The minimum Gasteiger partial charge on any atom is -0.484 e. The third-order valence-corrected chi connectivity index (χ3v) is 4.25. The molecule has 1 atom stereocenters. The van der Waals surface area contributed by atoms with Gasteiger partial charge in [-0.3, -0.25) is 9.59 Å². The predicted octanol–water partition coefficient (Wildman–Crippen LogP) is 3.54. The molecule has 1 aliphatic rings. The first-order valence-electron chi connectivity index (χ1n) is 8.33. The second-order valence-corrected chi connectivity index (χ2v) is 6.81. The Morgan fingerprint density at radius 2 is 2.00 bits per heavy atom. The quantitative estimate of drug-likeness (QED) is 0.721. The second kappa shape index (κ2) is 9.12. The highest BCUT2D eigenvalue weighted by atomic mass is 35.5. The molecule has 1 N–H and O–H groups in total. The Bertz CT molecular complexity index is 692. The number of carbonyl (C=O) groups excluding carboxylic acids is 2. The molecule has 1 fully saturated rings. The number of carbonyl (C=O) groups is 2. The molecule has 0 radical (unpaired) electrons. The molecular formula is C18H20ClF3N2O3. The SMILES string of the molecule is C=C(CCN1CC(CC(F)(F)F)CC1=O)NC(=O)COc1ccc(Cl)cc1. The number of rotatable bonds is 8. The molecule has 0 spiro atoms. The standard InChI is InChI=1S/C18H20ClF3N2O3/c1-12(23-16(25)11-27-15-4-2-14(19)3-5-15)6-7-24-10-13(8-17(24)26)9-18(20,21)22/h2-5,13H,1,6-11H2,(H,23,25). The molecule has 5 nitrogen and oxygen atoms in total. The van der Waals surface area contributed by atoms with Crippen molar-refractivity contribution in [2.24, 2.45) is 5.92 Å². The summed E-state index contributed by atoms with van der Waals surface area (Å²) in [5, 5.41) is 3.10. The van der Waals surface area contributed by atoms with Gasteiger partial charge in [-0.15, -0.1) is 0 Å². The Balaban J connectivity index is 1.68. The molecule has 2 amide bonds. The molecule has 0 saturated carbocycles. The van der Waals surface area contributed by atoms with Crippen LogP contribution in [-0.4, -0.2) is 42.6 Å². The first kappa shape index (κ1) is 21.1. The van der Waals surface area contributed by atoms with E-state index in [1.165, 1.54) is 4.90 Å². The van der Waals surface area contributed by atoms with Crippen molar-refractivity contribution in [2.75, 3.05) is 19.7 Å². The number of hydrogen-bond acceptors (Lipinski definition) is 3. The molecule has 9 heteroatoms. The van der Waals surface area contributed by atoms with Crippen LogP contribution in [0.25, 0.3) is 0 Å². The smallest absolute Gasteiger partial charge is 0.389 e. The molecule has 1 aromatic rings. The van der Waals surface area contributed by atoms with Gasteiger partial charge in [-0.05, 0) is 30.2 Å². The first-order valence-corrected chi connectivity index (χ1v) is 8.70. The average molecular weight is 405 g/mol. The number of amides is 2. The van der Waals surface area contributed by atoms with Crippen LogP contribution >= 0.6 is 11.6 Å². The summed E-state index contributed by atoms with van der Waals surface area (Å²) >= 11 is 5.75. The van der Waals surface area contributed by atoms with Crippen LogP contribution in [0.1, 0.15) is 19.3 Å². The van der Waals surface area contributed by atoms with Crippen molar-refractivity contribution < 1.29 is 27.5 Å². The Morgan fingerprint density at radius 3 is 2.63 bits per heavy atom. The van der Waals surface area contributed by atoms with Crippen LogP contribution in [0.15, 0.2) is 36.5 Å². The lowest BCUT2D eigenvalue weighted by molar-refractivity contribution is -0.143. The number of ether oxygens (including phenoxy) is 1. The van der Waals surface area contributed by atoms with E-state index in [4.69, 9.17) is 16.3 Å². The number of hydrogen-bond donors (Lipinski definition) is 1. The van der Waals surface area contributed by atoms with Crippen LogP contribution in [0.3, 0.4) is 0 Å². The van der Waals surface area contributed by atoms with Crippen molar-refractivity contribution in [2.45, 2.75) is 25.4 Å². The summed E-state index contributed by atoms with van der Waals surface area (Å²) in [6.45, 7) is 3.76. The molecule has 0 aromatic heterocycles. The molecule has 2 rings (SSSR count). The van der Waals surface area contributed by atoms with Crippen molar-refractivity contribution in [3.63, 3.8) is 0 Å². The van der Waals surface area contributed by atoms with E-state index in [1.54, 1.807) is 24.3 Å². The molecule has 1 aliphatic heterocycles. The van der Waals surface area contributed by atoms with Gasteiger partial charge in [0.05, 0.1) is 0 Å². The Morgan fingerprint density at radius 1 is 1.33 bits per heavy atom. The monoisotopic (exact) mass is 404 g/mol. The van der Waals surface area contributed by atoms with Crippen molar-refractivity contribution >= 4 is 23.4 Å². The van der Waals surface area contributed by atoms with Crippen LogP contribution in [-0.2, 0) is 9.59 Å². The van der Waals surface area contributed by atoms with E-state index < -0.39 is 24.4 Å². The third kappa shape index (κ3) is 7.50. The maximum absolute atomic E-state index is 12.4. The number of likely N-dealkylation sites (tertiary alicyclic amines) is 1. The number of nitrogens with one attached hydrogen (secondary N) is 1. The highest BCUT2D eigenvalue weighted by Gasteiger charge is 2.38. The number of halogens is 4. The highest BCUT2D eigenvalue weighted by molar-refractivity contribution is 6.30. The fourth-order valence-corrected chi connectivity index (χ4v) is 2.91. The van der Waals surface area contributed by atoms with Crippen LogP contribution in [0.5, 0.6) is 5.75 Å². The molecule has 1 unspecified atom stereocenters. The zero-order valence-corrected chi connectivity index (χ0v) is 15.3. The Hall–Kier alpha value is -2.22. The summed E-state index contributed by atoms with van der Waals surface area (Å²) in [7, 11) is 0.